The van der Waals surface area contributed by atoms with Crippen molar-refractivity contribution in [1.82, 2.24) is 19.7 Å². The maximum atomic E-state index is 13.1. The molecule has 1 unspecified atom stereocenters. The molecule has 2 aliphatic heterocycles. The molecule has 0 saturated carbocycles. The number of nitrogens with one attached hydrogen (secondary N) is 1. The Bertz CT molecular complexity index is 1240. The third kappa shape index (κ3) is 2.87. The molecular weight excluding hydrogens is 413 g/mol. The number of hydrogen-bond acceptors (Lipinski definition) is 6. The summed E-state index contributed by atoms with van der Waals surface area (Å²) in [6.07, 6.45) is 2.01. The van der Waals surface area contributed by atoms with Crippen molar-refractivity contribution >= 4 is 29.1 Å². The van der Waals surface area contributed by atoms with Gasteiger partial charge in [0, 0.05) is 12.6 Å². The average Bonchev–Trinajstić information content (AvgIpc) is 3.39. The third-order valence-corrected chi connectivity index (χ3v) is 5.53. The summed E-state index contributed by atoms with van der Waals surface area (Å²) in [4.78, 5) is 23.1. The largest absolute Gasteiger partial charge is 0.491 e. The highest BCUT2D eigenvalue weighted by molar-refractivity contribution is 5.91. The summed E-state index contributed by atoms with van der Waals surface area (Å²) in [5, 5.41) is 2.63. The Hall–Kier alpha value is -3.76. The number of benzene rings is 1. The van der Waals surface area contributed by atoms with Gasteiger partial charge in [-0.3, -0.25) is 9.20 Å². The minimum atomic E-state index is -4.48. The molecule has 2 aromatic heterocycles. The summed E-state index contributed by atoms with van der Waals surface area (Å²) < 4.78 is 46.8. The first-order chi connectivity index (χ1) is 14.8. The average molecular weight is 430 g/mol. The summed E-state index contributed by atoms with van der Waals surface area (Å²) in [6, 6.07) is 2.13. The monoisotopic (exact) mass is 430 g/mol. The molecular formula is C20H17F3N6O2. The molecule has 11 heteroatoms. The van der Waals surface area contributed by atoms with E-state index in [1.165, 1.54) is 13.1 Å². The number of alkyl halides is 3. The molecule has 5 rings (SSSR count). The fourth-order valence-electron chi connectivity index (χ4n) is 4.09. The highest BCUT2D eigenvalue weighted by atomic mass is 19.4. The first-order valence-corrected chi connectivity index (χ1v) is 9.43. The fourth-order valence-corrected chi connectivity index (χ4v) is 4.09. The van der Waals surface area contributed by atoms with E-state index in [0.717, 1.165) is 12.1 Å². The van der Waals surface area contributed by atoms with E-state index in [-0.39, 0.29) is 24.1 Å². The van der Waals surface area contributed by atoms with Gasteiger partial charge in [0.1, 0.15) is 47.6 Å². The van der Waals surface area contributed by atoms with Crippen molar-refractivity contribution < 1.29 is 22.7 Å². The van der Waals surface area contributed by atoms with Gasteiger partial charge >= 0.3 is 6.18 Å². The van der Waals surface area contributed by atoms with Crippen LogP contribution in [0, 0.1) is 0 Å². The molecule has 0 radical (unpaired) electrons. The summed E-state index contributed by atoms with van der Waals surface area (Å²) >= 11 is 0. The SMILES string of the molecule is CNC(=O)[C@@H]1C=Cc2nc(N)c3cncn3c2N1C1COc2cc(C(F)(F)F)ccc21. The topological polar surface area (TPSA) is 97.8 Å². The van der Waals surface area contributed by atoms with Crippen molar-refractivity contribution in [2.75, 3.05) is 24.3 Å². The molecule has 0 aliphatic carbocycles. The predicted octanol–water partition coefficient (Wildman–Crippen LogP) is 2.41. The number of nitrogen functional groups attached to an aromatic ring is 1. The number of fused-ring (bicyclic) bond motifs is 4. The second-order valence-electron chi connectivity index (χ2n) is 7.26. The van der Waals surface area contributed by atoms with Crippen LogP contribution in [0.1, 0.15) is 22.9 Å². The van der Waals surface area contributed by atoms with Gasteiger partial charge in [0.2, 0.25) is 5.91 Å². The number of imidazole rings is 1. The maximum absolute atomic E-state index is 13.1. The van der Waals surface area contributed by atoms with Gasteiger partial charge in [-0.2, -0.15) is 13.2 Å². The van der Waals surface area contributed by atoms with Crippen molar-refractivity contribution in [1.29, 1.82) is 0 Å². The lowest BCUT2D eigenvalue weighted by Crippen LogP contribution is -2.49. The van der Waals surface area contributed by atoms with Gasteiger partial charge in [-0.1, -0.05) is 12.1 Å². The van der Waals surface area contributed by atoms with Crippen molar-refractivity contribution in [3.05, 3.63) is 53.6 Å². The van der Waals surface area contributed by atoms with Crippen LogP contribution in [0.5, 0.6) is 5.75 Å². The fraction of sp³-hybridized carbons (Fsp3) is 0.250. The number of halogens is 3. The molecule has 0 spiro atoms. The molecule has 0 saturated heterocycles. The van der Waals surface area contributed by atoms with E-state index in [9.17, 15) is 18.0 Å². The second-order valence-corrected chi connectivity index (χ2v) is 7.26. The zero-order chi connectivity index (χ0) is 21.9. The number of hydrogen-bond donors (Lipinski definition) is 2. The molecule has 31 heavy (non-hydrogen) atoms. The maximum Gasteiger partial charge on any atom is 0.416 e. The Kier molecular flexibility index (Phi) is 4.11. The highest BCUT2D eigenvalue weighted by Crippen LogP contribution is 2.44. The molecule has 1 aromatic carbocycles. The van der Waals surface area contributed by atoms with Crippen molar-refractivity contribution in [3.63, 3.8) is 0 Å². The molecule has 3 N–H and O–H groups in total. The molecule has 0 bridgehead atoms. The van der Waals surface area contributed by atoms with Crippen molar-refractivity contribution in [2.45, 2.75) is 18.3 Å². The Labute approximate surface area is 174 Å². The smallest absolute Gasteiger partial charge is 0.416 e. The number of carbonyl (C=O) groups is 1. The van der Waals surface area contributed by atoms with Crippen LogP contribution in [0.15, 0.2) is 36.8 Å². The summed E-state index contributed by atoms with van der Waals surface area (Å²) in [5.74, 6) is 0.681. The van der Waals surface area contributed by atoms with Crippen LogP contribution in [0.3, 0.4) is 0 Å². The number of likely N-dealkylation sites (N-methyl/N-ethyl adjacent to an activating group) is 1. The van der Waals surface area contributed by atoms with Crippen LogP contribution in [0.2, 0.25) is 0 Å². The lowest BCUT2D eigenvalue weighted by molar-refractivity contribution is -0.137. The van der Waals surface area contributed by atoms with E-state index in [0.29, 0.717) is 22.6 Å². The number of nitrogens with two attached hydrogens (primary N) is 1. The first kappa shape index (κ1) is 19.2. The van der Waals surface area contributed by atoms with Crippen LogP contribution in [-0.2, 0) is 11.0 Å². The normalized spacial score (nSPS) is 19.8. The van der Waals surface area contributed by atoms with Crippen LogP contribution < -0.4 is 20.7 Å². The Morgan fingerprint density at radius 2 is 2.16 bits per heavy atom. The Morgan fingerprint density at radius 3 is 2.90 bits per heavy atom. The van der Waals surface area contributed by atoms with E-state index in [2.05, 4.69) is 15.3 Å². The summed E-state index contributed by atoms with van der Waals surface area (Å²) in [7, 11) is 1.52. The van der Waals surface area contributed by atoms with Crippen molar-refractivity contribution in [2.24, 2.45) is 0 Å². The zero-order valence-electron chi connectivity index (χ0n) is 16.2. The third-order valence-electron chi connectivity index (χ3n) is 5.53. The lowest BCUT2D eigenvalue weighted by atomic mass is 9.99. The van der Waals surface area contributed by atoms with Crippen LogP contribution in [-0.4, -0.2) is 40.0 Å². The standard InChI is InChI=1S/C20H17F3N6O2/c1-25-18(30)13-5-4-12-19(28-9-26-7-14(28)17(24)27-12)29(13)15-8-31-16-6-10(20(21,22)23)2-3-11(15)16/h2-7,9,13,15H,8H2,1H3,(H2,24,27)(H,25,30)/t13-,15?/m0/s1. The van der Waals surface area contributed by atoms with E-state index in [1.54, 1.807) is 34.0 Å². The molecule has 2 atom stereocenters. The first-order valence-electron chi connectivity index (χ1n) is 9.43. The van der Waals surface area contributed by atoms with Crippen LogP contribution in [0.25, 0.3) is 11.6 Å². The number of carbonyl (C=O) groups excluding carboxylic acids is 1. The summed E-state index contributed by atoms with van der Waals surface area (Å²) in [6.45, 7) is 0.0674. The molecule has 160 valence electrons. The van der Waals surface area contributed by atoms with Crippen LogP contribution >= 0.6 is 0 Å². The zero-order valence-corrected chi connectivity index (χ0v) is 16.2. The van der Waals surface area contributed by atoms with Gasteiger partial charge in [0.15, 0.2) is 0 Å². The number of anilines is 2. The van der Waals surface area contributed by atoms with Crippen molar-refractivity contribution in [3.8, 4) is 5.75 Å². The van der Waals surface area contributed by atoms with E-state index in [1.807, 2.05) is 0 Å². The highest BCUT2D eigenvalue weighted by Gasteiger charge is 2.41. The number of amides is 1. The Morgan fingerprint density at radius 1 is 1.35 bits per heavy atom. The predicted molar refractivity (Wildman–Crippen MR) is 106 cm³/mol. The van der Waals surface area contributed by atoms with E-state index < -0.39 is 23.8 Å². The molecule has 0 fully saturated rings. The summed E-state index contributed by atoms with van der Waals surface area (Å²) in [5.41, 5.74) is 6.87. The minimum absolute atomic E-state index is 0.0674. The molecule has 2 aliphatic rings. The van der Waals surface area contributed by atoms with Gasteiger partial charge in [-0.25, -0.2) is 9.97 Å². The van der Waals surface area contributed by atoms with Gasteiger partial charge in [0.05, 0.1) is 17.8 Å². The van der Waals surface area contributed by atoms with E-state index >= 15 is 0 Å². The lowest BCUT2D eigenvalue weighted by Gasteiger charge is -2.38. The number of nitrogens with zero attached hydrogens (tertiary/aromatic N) is 4. The minimum Gasteiger partial charge on any atom is -0.491 e. The van der Waals surface area contributed by atoms with E-state index in [4.69, 9.17) is 10.5 Å². The number of aromatic nitrogens is 3. The second kappa shape index (κ2) is 6.62. The van der Waals surface area contributed by atoms with Gasteiger partial charge in [0.25, 0.3) is 0 Å². The quantitative estimate of drug-likeness (QED) is 0.648. The van der Waals surface area contributed by atoms with Gasteiger partial charge in [-0.15, -0.1) is 0 Å². The number of ether oxygens (including phenoxy) is 1. The number of rotatable bonds is 2. The molecule has 4 heterocycles. The van der Waals surface area contributed by atoms with Crippen LogP contribution in [0.4, 0.5) is 24.8 Å². The van der Waals surface area contributed by atoms with Gasteiger partial charge < -0.3 is 20.7 Å². The Balaban J connectivity index is 1.69. The molecule has 3 aromatic rings. The van der Waals surface area contributed by atoms with Gasteiger partial charge in [-0.05, 0) is 18.2 Å². The molecule has 1 amide bonds. The molecule has 8 nitrogen and oxygen atoms in total.